The number of aliphatic carboxylic acids is 1. The van der Waals surface area contributed by atoms with Crippen LogP contribution in [0, 0.1) is 5.92 Å². The van der Waals surface area contributed by atoms with E-state index in [9.17, 15) is 18.0 Å². The van der Waals surface area contributed by atoms with Crippen molar-refractivity contribution in [2.24, 2.45) is 5.92 Å². The molecule has 0 fully saturated rings. The van der Waals surface area contributed by atoms with Gasteiger partial charge in [0, 0.05) is 18.2 Å². The molecule has 1 rings (SSSR count). The normalized spacial score (nSPS) is 11.8. The van der Waals surface area contributed by atoms with E-state index in [0.29, 0.717) is 0 Å². The van der Waals surface area contributed by atoms with Crippen LogP contribution in [-0.2, 0) is 14.8 Å². The second-order valence-corrected chi connectivity index (χ2v) is 7.99. The second-order valence-electron chi connectivity index (χ2n) is 6.28. The molecule has 0 saturated carbocycles. The van der Waals surface area contributed by atoms with Crippen LogP contribution in [0.25, 0.3) is 0 Å². The lowest BCUT2D eigenvalue weighted by Gasteiger charge is -2.23. The summed E-state index contributed by atoms with van der Waals surface area (Å²) < 4.78 is 26.9. The SMILES string of the molecule is CC(C)CN(CC(=O)O)C(=O)c1cccc(S(=O)(=O)NC(C)C)c1. The Balaban J connectivity index is 3.14. The van der Waals surface area contributed by atoms with Crippen LogP contribution in [0.5, 0.6) is 0 Å². The molecule has 0 atom stereocenters. The van der Waals surface area contributed by atoms with Crippen molar-refractivity contribution in [1.82, 2.24) is 9.62 Å². The number of amides is 1. The average molecular weight is 356 g/mol. The quantitative estimate of drug-likeness (QED) is 0.735. The van der Waals surface area contributed by atoms with Gasteiger partial charge in [-0.15, -0.1) is 0 Å². The number of carbonyl (C=O) groups excluding carboxylic acids is 1. The van der Waals surface area contributed by atoms with Crippen LogP contribution in [-0.4, -0.2) is 49.4 Å². The third-order valence-electron chi connectivity index (χ3n) is 2.98. The minimum atomic E-state index is -3.72. The van der Waals surface area contributed by atoms with Crippen LogP contribution in [0.15, 0.2) is 29.2 Å². The van der Waals surface area contributed by atoms with Crippen molar-refractivity contribution in [2.45, 2.75) is 38.6 Å². The van der Waals surface area contributed by atoms with E-state index in [1.807, 2.05) is 13.8 Å². The number of carbonyl (C=O) groups is 2. The van der Waals surface area contributed by atoms with Gasteiger partial charge in [-0.2, -0.15) is 0 Å². The molecule has 0 aliphatic carbocycles. The predicted octanol–water partition coefficient (Wildman–Crippen LogP) is 1.56. The zero-order valence-electron chi connectivity index (χ0n) is 14.3. The molecule has 24 heavy (non-hydrogen) atoms. The van der Waals surface area contributed by atoms with Crippen LogP contribution in [0.4, 0.5) is 0 Å². The van der Waals surface area contributed by atoms with E-state index in [0.717, 1.165) is 0 Å². The molecule has 0 bridgehead atoms. The van der Waals surface area contributed by atoms with Gasteiger partial charge in [0.25, 0.3) is 5.91 Å². The van der Waals surface area contributed by atoms with Gasteiger partial charge < -0.3 is 10.0 Å². The Morgan fingerprint density at radius 3 is 2.33 bits per heavy atom. The molecule has 1 aromatic rings. The molecule has 0 radical (unpaired) electrons. The number of carboxylic acid groups (broad SMARTS) is 1. The van der Waals surface area contributed by atoms with Crippen LogP contribution < -0.4 is 4.72 Å². The largest absolute Gasteiger partial charge is 0.480 e. The summed E-state index contributed by atoms with van der Waals surface area (Å²) in [4.78, 5) is 24.7. The van der Waals surface area contributed by atoms with Crippen LogP contribution in [0.1, 0.15) is 38.1 Å². The Hall–Kier alpha value is -1.93. The highest BCUT2D eigenvalue weighted by molar-refractivity contribution is 7.89. The summed E-state index contributed by atoms with van der Waals surface area (Å²) in [6, 6.07) is 5.33. The van der Waals surface area contributed by atoms with Crippen molar-refractivity contribution >= 4 is 21.9 Å². The van der Waals surface area contributed by atoms with Gasteiger partial charge in [0.2, 0.25) is 10.0 Å². The maximum absolute atomic E-state index is 12.6. The summed E-state index contributed by atoms with van der Waals surface area (Å²) in [6.07, 6.45) is 0. The summed E-state index contributed by atoms with van der Waals surface area (Å²) in [5.74, 6) is -1.54. The highest BCUT2D eigenvalue weighted by atomic mass is 32.2. The van der Waals surface area contributed by atoms with E-state index in [1.54, 1.807) is 13.8 Å². The van der Waals surface area contributed by atoms with Crippen molar-refractivity contribution in [2.75, 3.05) is 13.1 Å². The number of hydrogen-bond acceptors (Lipinski definition) is 4. The second kappa shape index (κ2) is 8.25. The Kier molecular flexibility index (Phi) is 6.92. The minimum Gasteiger partial charge on any atom is -0.480 e. The molecule has 0 aliphatic heterocycles. The number of sulfonamides is 1. The predicted molar refractivity (Wildman–Crippen MR) is 90.3 cm³/mol. The van der Waals surface area contributed by atoms with Crippen LogP contribution in [0.3, 0.4) is 0 Å². The van der Waals surface area contributed by atoms with E-state index >= 15 is 0 Å². The van der Waals surface area contributed by atoms with Gasteiger partial charge in [-0.25, -0.2) is 13.1 Å². The molecule has 0 heterocycles. The molecule has 134 valence electrons. The van der Waals surface area contributed by atoms with E-state index < -0.39 is 28.4 Å². The van der Waals surface area contributed by atoms with Gasteiger partial charge in [-0.05, 0) is 38.0 Å². The topological polar surface area (TPSA) is 104 Å². The number of nitrogens with zero attached hydrogens (tertiary/aromatic N) is 1. The average Bonchev–Trinajstić information content (AvgIpc) is 2.43. The van der Waals surface area contributed by atoms with Gasteiger partial charge in [-0.1, -0.05) is 19.9 Å². The maximum Gasteiger partial charge on any atom is 0.323 e. The van der Waals surface area contributed by atoms with Crippen molar-refractivity contribution in [3.63, 3.8) is 0 Å². The first-order valence-corrected chi connectivity index (χ1v) is 9.14. The first-order chi connectivity index (χ1) is 11.0. The van der Waals surface area contributed by atoms with E-state index in [4.69, 9.17) is 5.11 Å². The highest BCUT2D eigenvalue weighted by Gasteiger charge is 2.22. The molecule has 1 aromatic carbocycles. The molecule has 0 aromatic heterocycles. The third-order valence-corrected chi connectivity index (χ3v) is 4.64. The number of nitrogens with one attached hydrogen (secondary N) is 1. The van der Waals surface area contributed by atoms with Gasteiger partial charge in [0.05, 0.1) is 4.90 Å². The summed E-state index contributed by atoms with van der Waals surface area (Å²) >= 11 is 0. The Labute approximate surface area is 142 Å². The molecule has 0 saturated heterocycles. The van der Waals surface area contributed by atoms with Crippen molar-refractivity contribution < 1.29 is 23.1 Å². The van der Waals surface area contributed by atoms with Crippen LogP contribution in [0.2, 0.25) is 0 Å². The van der Waals surface area contributed by atoms with Crippen molar-refractivity contribution in [1.29, 1.82) is 0 Å². The Morgan fingerprint density at radius 1 is 1.21 bits per heavy atom. The third kappa shape index (κ3) is 5.93. The smallest absolute Gasteiger partial charge is 0.323 e. The van der Waals surface area contributed by atoms with Gasteiger partial charge in [0.15, 0.2) is 0 Å². The standard InChI is InChI=1S/C16H24N2O5S/c1-11(2)9-18(10-15(19)20)16(21)13-6-5-7-14(8-13)24(22,23)17-12(3)4/h5-8,11-12,17H,9-10H2,1-4H3,(H,19,20). The molecule has 0 unspecified atom stereocenters. The molecule has 8 heteroatoms. The molecule has 1 amide bonds. The number of rotatable bonds is 8. The fourth-order valence-corrected chi connectivity index (χ4v) is 3.48. The fourth-order valence-electron chi connectivity index (χ4n) is 2.18. The summed E-state index contributed by atoms with van der Waals surface area (Å²) in [7, 11) is -3.72. The zero-order chi connectivity index (χ0) is 18.5. The fraction of sp³-hybridized carbons (Fsp3) is 0.500. The van der Waals surface area contributed by atoms with Crippen molar-refractivity contribution in [3.05, 3.63) is 29.8 Å². The maximum atomic E-state index is 12.6. The highest BCUT2D eigenvalue weighted by Crippen LogP contribution is 2.15. The lowest BCUT2D eigenvalue weighted by molar-refractivity contribution is -0.137. The van der Waals surface area contributed by atoms with E-state index in [1.165, 1.54) is 29.2 Å². The lowest BCUT2D eigenvalue weighted by Crippen LogP contribution is -2.38. The van der Waals surface area contributed by atoms with Gasteiger partial charge in [0.1, 0.15) is 6.54 Å². The van der Waals surface area contributed by atoms with Crippen molar-refractivity contribution in [3.8, 4) is 0 Å². The molecular weight excluding hydrogens is 332 g/mol. The summed E-state index contributed by atoms with van der Waals surface area (Å²) in [5, 5.41) is 8.98. The molecule has 0 aliphatic rings. The first-order valence-electron chi connectivity index (χ1n) is 7.66. The van der Waals surface area contributed by atoms with E-state index in [-0.39, 0.29) is 29.0 Å². The van der Waals surface area contributed by atoms with E-state index in [2.05, 4.69) is 4.72 Å². The minimum absolute atomic E-state index is 0.0260. The van der Waals surface area contributed by atoms with Crippen LogP contribution >= 0.6 is 0 Å². The monoisotopic (exact) mass is 356 g/mol. The zero-order valence-corrected chi connectivity index (χ0v) is 15.1. The van der Waals surface area contributed by atoms with Gasteiger partial charge in [-0.3, -0.25) is 9.59 Å². The number of benzene rings is 1. The number of carboxylic acids is 1. The summed E-state index contributed by atoms with van der Waals surface area (Å²) in [6.45, 7) is 6.98. The molecule has 2 N–H and O–H groups in total. The Morgan fingerprint density at radius 2 is 1.83 bits per heavy atom. The molecule has 7 nitrogen and oxygen atoms in total. The number of hydrogen-bond donors (Lipinski definition) is 2. The lowest BCUT2D eigenvalue weighted by atomic mass is 10.1. The Bertz CT molecular complexity index is 698. The molecule has 0 spiro atoms. The van der Waals surface area contributed by atoms with Gasteiger partial charge >= 0.3 is 5.97 Å². The first kappa shape index (κ1) is 20.1. The summed E-state index contributed by atoms with van der Waals surface area (Å²) in [5.41, 5.74) is 0.142. The molecular formula is C16H24N2O5S.